The van der Waals surface area contributed by atoms with Crippen molar-refractivity contribution in [3.63, 3.8) is 0 Å². The quantitative estimate of drug-likeness (QED) is 0.605. The van der Waals surface area contributed by atoms with Crippen molar-refractivity contribution in [1.82, 2.24) is 9.47 Å². The van der Waals surface area contributed by atoms with E-state index >= 15 is 4.39 Å². The van der Waals surface area contributed by atoms with Gasteiger partial charge in [0.05, 0.1) is 16.6 Å². The lowest BCUT2D eigenvalue weighted by molar-refractivity contribution is 0.0543. The first-order valence-corrected chi connectivity index (χ1v) is 12.7. The fourth-order valence-electron chi connectivity index (χ4n) is 6.26. The molecule has 194 valence electrons. The summed E-state index contributed by atoms with van der Waals surface area (Å²) < 4.78 is 27.8. The van der Waals surface area contributed by atoms with Gasteiger partial charge in [0.2, 0.25) is 5.43 Å². The highest BCUT2D eigenvalue weighted by Crippen LogP contribution is 2.42. The number of carbonyl (C=O) groups is 2. The lowest BCUT2D eigenvalue weighted by Crippen LogP contribution is -2.49. The third kappa shape index (κ3) is 3.91. The second kappa shape index (κ2) is 8.73. The van der Waals surface area contributed by atoms with E-state index in [0.29, 0.717) is 25.2 Å². The molecule has 1 N–H and O–H groups in total. The molecule has 1 saturated carbocycles. The molecule has 4 aliphatic rings. The number of benzene rings is 1. The molecule has 4 unspecified atom stereocenters. The predicted molar refractivity (Wildman–Crippen MR) is 129 cm³/mol. The van der Waals surface area contributed by atoms with Gasteiger partial charge in [-0.05, 0) is 51.1 Å². The summed E-state index contributed by atoms with van der Waals surface area (Å²) in [7, 11) is 0. The molecule has 11 heteroatoms. The number of hydrogen-bond donors (Lipinski definition) is 1. The molecule has 0 radical (unpaired) electrons. The molecule has 1 aromatic heterocycles. The molecule has 0 spiro atoms. The fourth-order valence-corrected chi connectivity index (χ4v) is 6.26. The van der Waals surface area contributed by atoms with Gasteiger partial charge in [-0.15, -0.1) is 0 Å². The summed E-state index contributed by atoms with van der Waals surface area (Å²) in [6.07, 6.45) is 3.42. The largest absolute Gasteiger partial charge is 0.509 e. The van der Waals surface area contributed by atoms with Gasteiger partial charge in [-0.25, -0.2) is 14.0 Å². The van der Waals surface area contributed by atoms with Crippen LogP contribution >= 0.6 is 0 Å². The van der Waals surface area contributed by atoms with Crippen LogP contribution in [0.25, 0.3) is 10.9 Å². The SMILES string of the molecule is CC1OC(=O)OC1CN1CCCC2CN(c3c(F)cc4c(=O)c(C(=O)O)cn(C5CC5)c4c3C#N)CC21. The standard InChI is InChI=1S/C26H27FN4O6/c1-13-21(37-26(35)36-13)12-29-6-2-3-14-9-30(11-20(14)29)23-17(8-28)22-16(7-19(23)27)24(32)18(25(33)34)10-31(22)15-4-5-15/h7,10,13-15,20-21H,2-6,9,11-12H2,1H3,(H,33,34). The number of aromatic nitrogens is 1. The summed E-state index contributed by atoms with van der Waals surface area (Å²) >= 11 is 0. The molecule has 4 fully saturated rings. The van der Waals surface area contributed by atoms with Crippen LogP contribution in [0, 0.1) is 23.1 Å². The third-order valence-corrected chi connectivity index (χ3v) is 8.20. The van der Waals surface area contributed by atoms with Crippen LogP contribution in [0.3, 0.4) is 0 Å². The van der Waals surface area contributed by atoms with E-state index in [9.17, 15) is 24.8 Å². The number of carbonyl (C=O) groups excluding carboxylic acids is 1. The van der Waals surface area contributed by atoms with Gasteiger partial charge in [-0.1, -0.05) is 0 Å². The van der Waals surface area contributed by atoms with Crippen LogP contribution in [-0.2, 0) is 9.47 Å². The Morgan fingerprint density at radius 3 is 2.68 bits per heavy atom. The molecule has 2 aromatic rings. The highest BCUT2D eigenvalue weighted by Gasteiger charge is 2.44. The van der Waals surface area contributed by atoms with Gasteiger partial charge in [0.1, 0.15) is 29.1 Å². The number of pyridine rings is 1. The number of carboxylic acid groups (broad SMARTS) is 1. The summed E-state index contributed by atoms with van der Waals surface area (Å²) in [4.78, 5) is 40.3. The van der Waals surface area contributed by atoms with Crippen LogP contribution in [0.15, 0.2) is 17.1 Å². The van der Waals surface area contributed by atoms with E-state index < -0.39 is 28.9 Å². The van der Waals surface area contributed by atoms with Crippen molar-refractivity contribution in [2.24, 2.45) is 5.92 Å². The minimum atomic E-state index is -1.37. The second-order valence-electron chi connectivity index (χ2n) is 10.5. The number of hydrogen-bond acceptors (Lipinski definition) is 8. The van der Waals surface area contributed by atoms with E-state index in [2.05, 4.69) is 11.0 Å². The zero-order chi connectivity index (χ0) is 26.0. The summed E-state index contributed by atoms with van der Waals surface area (Å²) in [5.74, 6) is -1.84. The number of anilines is 1. The van der Waals surface area contributed by atoms with Crippen LogP contribution in [0.4, 0.5) is 14.9 Å². The normalized spacial score (nSPS) is 27.6. The fraction of sp³-hybridized carbons (Fsp3) is 0.538. The summed E-state index contributed by atoms with van der Waals surface area (Å²) in [6, 6.07) is 3.29. The van der Waals surface area contributed by atoms with Gasteiger partial charge < -0.3 is 24.0 Å². The Balaban J connectivity index is 1.39. The van der Waals surface area contributed by atoms with Gasteiger partial charge >= 0.3 is 12.1 Å². The van der Waals surface area contributed by atoms with Gasteiger partial charge in [0.15, 0.2) is 6.10 Å². The van der Waals surface area contributed by atoms with E-state index in [1.807, 2.05) is 4.90 Å². The Bertz CT molecular complexity index is 1410. The van der Waals surface area contributed by atoms with Crippen molar-refractivity contribution in [3.05, 3.63) is 39.4 Å². The molecule has 6 rings (SSSR count). The maximum atomic E-state index is 15.7. The van der Waals surface area contributed by atoms with Gasteiger partial charge in [0.25, 0.3) is 0 Å². The summed E-state index contributed by atoms with van der Waals surface area (Å²) in [5, 5.41) is 19.7. The molecule has 3 aliphatic heterocycles. The van der Waals surface area contributed by atoms with Crippen LogP contribution in [-0.4, -0.2) is 71.1 Å². The lowest BCUT2D eigenvalue weighted by Gasteiger charge is -2.37. The highest BCUT2D eigenvalue weighted by atomic mass is 19.1. The summed E-state index contributed by atoms with van der Waals surface area (Å²) in [5.41, 5.74) is -0.695. The summed E-state index contributed by atoms with van der Waals surface area (Å²) in [6.45, 7) is 4.18. The maximum Gasteiger partial charge on any atom is 0.509 e. The molecule has 4 atom stereocenters. The molecular formula is C26H27FN4O6. The van der Waals surface area contributed by atoms with Gasteiger partial charge in [-0.2, -0.15) is 5.26 Å². The number of halogens is 1. The molecule has 1 aliphatic carbocycles. The first kappa shape index (κ1) is 23.7. The van der Waals surface area contributed by atoms with Crippen LogP contribution in [0.2, 0.25) is 0 Å². The van der Waals surface area contributed by atoms with E-state index in [1.54, 1.807) is 11.5 Å². The second-order valence-corrected chi connectivity index (χ2v) is 10.5. The zero-order valence-electron chi connectivity index (χ0n) is 20.4. The van der Waals surface area contributed by atoms with Crippen molar-refractivity contribution in [2.45, 2.75) is 56.9 Å². The van der Waals surface area contributed by atoms with Crippen LogP contribution in [0.5, 0.6) is 0 Å². The molecule has 1 aromatic carbocycles. The molecule has 37 heavy (non-hydrogen) atoms. The van der Waals surface area contributed by atoms with E-state index in [1.165, 1.54) is 6.20 Å². The van der Waals surface area contributed by atoms with Crippen molar-refractivity contribution in [3.8, 4) is 6.07 Å². The molecule has 3 saturated heterocycles. The number of ether oxygens (including phenoxy) is 2. The molecule has 4 heterocycles. The molecule has 10 nitrogen and oxygen atoms in total. The smallest absolute Gasteiger partial charge is 0.477 e. The minimum absolute atomic E-state index is 0.0263. The third-order valence-electron chi connectivity index (χ3n) is 8.20. The number of cyclic esters (lactones) is 2. The Morgan fingerprint density at radius 1 is 1.24 bits per heavy atom. The van der Waals surface area contributed by atoms with Gasteiger partial charge in [-0.3, -0.25) is 9.69 Å². The monoisotopic (exact) mass is 510 g/mol. The predicted octanol–water partition coefficient (Wildman–Crippen LogP) is 2.87. The Labute approximate surface area is 211 Å². The zero-order valence-corrected chi connectivity index (χ0v) is 20.4. The number of fused-ring (bicyclic) bond motifs is 2. The Morgan fingerprint density at radius 2 is 2.03 bits per heavy atom. The average molecular weight is 511 g/mol. The van der Waals surface area contributed by atoms with Crippen molar-refractivity contribution < 1.29 is 28.6 Å². The van der Waals surface area contributed by atoms with E-state index in [-0.39, 0.29) is 46.8 Å². The average Bonchev–Trinajstić information content (AvgIpc) is 3.52. The van der Waals surface area contributed by atoms with Crippen molar-refractivity contribution >= 4 is 28.7 Å². The Kier molecular flexibility index (Phi) is 5.60. The number of likely N-dealkylation sites (tertiary alicyclic amines) is 1. The van der Waals surface area contributed by atoms with Gasteiger partial charge in [0, 0.05) is 37.9 Å². The number of nitrogens with zero attached hydrogens (tertiary/aromatic N) is 4. The molecule has 0 amide bonds. The number of carboxylic acids is 1. The van der Waals surface area contributed by atoms with Crippen molar-refractivity contribution in [2.75, 3.05) is 31.1 Å². The van der Waals surface area contributed by atoms with E-state index in [0.717, 1.165) is 38.3 Å². The highest BCUT2D eigenvalue weighted by molar-refractivity contribution is 5.96. The topological polar surface area (TPSA) is 125 Å². The lowest BCUT2D eigenvalue weighted by atomic mass is 9.91. The number of nitriles is 1. The first-order chi connectivity index (χ1) is 17.8. The first-order valence-electron chi connectivity index (χ1n) is 12.7. The van der Waals surface area contributed by atoms with Crippen LogP contribution in [0.1, 0.15) is 54.6 Å². The van der Waals surface area contributed by atoms with E-state index in [4.69, 9.17) is 9.47 Å². The molecular weight excluding hydrogens is 483 g/mol. The van der Waals surface area contributed by atoms with Crippen LogP contribution < -0.4 is 10.3 Å². The Hall–Kier alpha value is -3.65. The van der Waals surface area contributed by atoms with Crippen molar-refractivity contribution in [1.29, 1.82) is 5.26 Å². The molecule has 0 bridgehead atoms. The number of piperidine rings is 1. The number of aromatic carboxylic acids is 1. The minimum Gasteiger partial charge on any atom is -0.477 e. The number of rotatable bonds is 5. The maximum absolute atomic E-state index is 15.7.